The summed E-state index contributed by atoms with van der Waals surface area (Å²) >= 11 is 0. The van der Waals surface area contributed by atoms with Crippen LogP contribution in [-0.2, 0) is 20.9 Å². The van der Waals surface area contributed by atoms with Crippen LogP contribution < -0.4 is 10.1 Å². The number of rotatable bonds is 6. The summed E-state index contributed by atoms with van der Waals surface area (Å²) < 4.78 is 14.6. The minimum atomic E-state index is -0.914. The van der Waals surface area contributed by atoms with E-state index < -0.39 is 18.1 Å². The van der Waals surface area contributed by atoms with Gasteiger partial charge in [-0.2, -0.15) is 0 Å². The zero-order chi connectivity index (χ0) is 15.7. The van der Waals surface area contributed by atoms with Crippen LogP contribution in [0.4, 0.5) is 4.79 Å². The Kier molecular flexibility index (Phi) is 6.61. The molecule has 1 rings (SSSR count). The maximum atomic E-state index is 11.6. The third kappa shape index (κ3) is 5.45. The van der Waals surface area contributed by atoms with Gasteiger partial charge in [-0.25, -0.2) is 9.59 Å². The van der Waals surface area contributed by atoms with Gasteiger partial charge in [0.2, 0.25) is 0 Å². The zero-order valence-corrected chi connectivity index (χ0v) is 11.9. The second-order valence-electron chi connectivity index (χ2n) is 4.05. The van der Waals surface area contributed by atoms with Crippen molar-refractivity contribution in [1.29, 1.82) is 0 Å². The van der Waals surface area contributed by atoms with E-state index in [-0.39, 0.29) is 13.0 Å². The third-order valence-corrected chi connectivity index (χ3v) is 2.63. The molecule has 0 radical (unpaired) electrons. The average Bonchev–Trinajstić information content (AvgIpc) is 2.52. The maximum Gasteiger partial charge on any atom is 0.408 e. The van der Waals surface area contributed by atoms with Crippen LogP contribution in [0.15, 0.2) is 24.3 Å². The van der Waals surface area contributed by atoms with Gasteiger partial charge in [0, 0.05) is 6.42 Å². The number of carbonyl (C=O) groups is 2. The number of benzene rings is 1. The lowest BCUT2D eigenvalue weighted by Crippen LogP contribution is -2.41. The van der Waals surface area contributed by atoms with Crippen LogP contribution in [0.2, 0.25) is 0 Å². The second-order valence-corrected chi connectivity index (χ2v) is 4.05. The first-order valence-electron chi connectivity index (χ1n) is 6.18. The first-order chi connectivity index (χ1) is 10.1. The third-order valence-electron chi connectivity index (χ3n) is 2.63. The number of alkyl carbamates (subject to hydrolysis) is 1. The van der Waals surface area contributed by atoms with Crippen molar-refractivity contribution in [1.82, 2.24) is 5.32 Å². The Morgan fingerprint density at radius 3 is 2.48 bits per heavy atom. The highest BCUT2D eigenvalue weighted by Gasteiger charge is 2.21. The molecule has 0 aliphatic carbocycles. The molecule has 0 saturated heterocycles. The Morgan fingerprint density at radius 1 is 1.29 bits per heavy atom. The van der Waals surface area contributed by atoms with Gasteiger partial charge < -0.3 is 19.5 Å². The molecule has 0 aliphatic heterocycles. The van der Waals surface area contributed by atoms with Crippen LogP contribution in [-0.4, -0.2) is 32.3 Å². The van der Waals surface area contributed by atoms with E-state index in [2.05, 4.69) is 16.0 Å². The molecule has 6 heteroatoms. The molecule has 0 fully saturated rings. The van der Waals surface area contributed by atoms with Crippen LogP contribution in [0.5, 0.6) is 5.75 Å². The number of terminal acetylenes is 1. The lowest BCUT2D eigenvalue weighted by atomic mass is 10.2. The molecule has 1 aromatic rings. The number of ether oxygens (including phenoxy) is 3. The van der Waals surface area contributed by atoms with Crippen molar-refractivity contribution in [3.8, 4) is 18.1 Å². The number of methoxy groups -OCH3 is 2. The number of amides is 1. The highest BCUT2D eigenvalue weighted by Crippen LogP contribution is 2.12. The zero-order valence-electron chi connectivity index (χ0n) is 11.9. The van der Waals surface area contributed by atoms with Gasteiger partial charge in [0.05, 0.1) is 14.2 Å². The minimum Gasteiger partial charge on any atom is -0.497 e. The van der Waals surface area contributed by atoms with Crippen LogP contribution in [0, 0.1) is 12.3 Å². The second kappa shape index (κ2) is 8.48. The molecule has 6 nitrogen and oxygen atoms in total. The van der Waals surface area contributed by atoms with Gasteiger partial charge in [-0.15, -0.1) is 12.3 Å². The molecule has 0 bridgehead atoms. The minimum absolute atomic E-state index is 0.0321. The topological polar surface area (TPSA) is 73.9 Å². The van der Waals surface area contributed by atoms with Gasteiger partial charge in [-0.05, 0) is 17.7 Å². The molecule has 1 unspecified atom stereocenters. The summed E-state index contributed by atoms with van der Waals surface area (Å²) in [5.41, 5.74) is 0.789. The number of esters is 1. The fraction of sp³-hybridized carbons (Fsp3) is 0.333. The average molecular weight is 291 g/mol. The maximum absolute atomic E-state index is 11.6. The summed E-state index contributed by atoms with van der Waals surface area (Å²) in [6.45, 7) is 0.0692. The van der Waals surface area contributed by atoms with Crippen molar-refractivity contribution >= 4 is 12.1 Å². The Hall–Kier alpha value is -2.68. The smallest absolute Gasteiger partial charge is 0.408 e. The van der Waals surface area contributed by atoms with E-state index in [0.29, 0.717) is 5.75 Å². The largest absolute Gasteiger partial charge is 0.497 e. The molecule has 1 aromatic carbocycles. The molecule has 1 atom stereocenters. The summed E-state index contributed by atoms with van der Waals surface area (Å²) in [6.07, 6.45) is 4.42. The fourth-order valence-electron chi connectivity index (χ4n) is 1.51. The SMILES string of the molecule is C#CCC(NC(=O)OCc1ccc(OC)cc1)C(=O)OC. The summed E-state index contributed by atoms with van der Waals surface area (Å²) in [5.74, 6) is 2.38. The van der Waals surface area contributed by atoms with E-state index in [9.17, 15) is 9.59 Å². The molecule has 0 saturated carbocycles. The number of nitrogens with one attached hydrogen (secondary N) is 1. The highest BCUT2D eigenvalue weighted by atomic mass is 16.6. The van der Waals surface area contributed by atoms with Crippen molar-refractivity contribution in [3.63, 3.8) is 0 Å². The van der Waals surface area contributed by atoms with E-state index in [4.69, 9.17) is 15.9 Å². The molecule has 1 N–H and O–H groups in total. The number of hydrogen-bond donors (Lipinski definition) is 1. The lowest BCUT2D eigenvalue weighted by molar-refractivity contribution is -0.142. The van der Waals surface area contributed by atoms with E-state index in [1.807, 2.05) is 0 Å². The van der Waals surface area contributed by atoms with Gasteiger partial charge >= 0.3 is 12.1 Å². The quantitative estimate of drug-likeness (QED) is 0.635. The molecule has 21 heavy (non-hydrogen) atoms. The Bertz CT molecular complexity index is 518. The summed E-state index contributed by atoms with van der Waals surface area (Å²) in [6, 6.07) is 6.14. The molecule has 1 amide bonds. The van der Waals surface area contributed by atoms with Crippen LogP contribution in [0.25, 0.3) is 0 Å². The Labute approximate surface area is 123 Å². The van der Waals surface area contributed by atoms with E-state index in [1.54, 1.807) is 31.4 Å². The highest BCUT2D eigenvalue weighted by molar-refractivity contribution is 5.81. The van der Waals surface area contributed by atoms with Crippen molar-refractivity contribution < 1.29 is 23.8 Å². The van der Waals surface area contributed by atoms with Crippen molar-refractivity contribution in [2.24, 2.45) is 0 Å². The molecule has 112 valence electrons. The van der Waals surface area contributed by atoms with Crippen molar-refractivity contribution in [2.45, 2.75) is 19.1 Å². The number of hydrogen-bond acceptors (Lipinski definition) is 5. The van der Waals surface area contributed by atoms with Crippen molar-refractivity contribution in [2.75, 3.05) is 14.2 Å². The standard InChI is InChI=1S/C15H17NO5/c1-4-5-13(14(17)20-3)16-15(18)21-10-11-6-8-12(19-2)9-7-11/h1,6-9,13H,5,10H2,2-3H3,(H,16,18). The van der Waals surface area contributed by atoms with Crippen LogP contribution >= 0.6 is 0 Å². The Morgan fingerprint density at radius 2 is 1.95 bits per heavy atom. The molecular weight excluding hydrogens is 274 g/mol. The summed E-state index contributed by atoms with van der Waals surface area (Å²) in [4.78, 5) is 23.0. The monoisotopic (exact) mass is 291 g/mol. The summed E-state index contributed by atoms with van der Waals surface area (Å²) in [7, 11) is 2.79. The van der Waals surface area contributed by atoms with Crippen molar-refractivity contribution in [3.05, 3.63) is 29.8 Å². The van der Waals surface area contributed by atoms with Crippen LogP contribution in [0.1, 0.15) is 12.0 Å². The van der Waals surface area contributed by atoms with E-state index in [0.717, 1.165) is 5.56 Å². The first-order valence-corrected chi connectivity index (χ1v) is 6.18. The summed E-state index contributed by atoms with van der Waals surface area (Å²) in [5, 5.41) is 2.36. The van der Waals surface area contributed by atoms with Gasteiger partial charge in [-0.3, -0.25) is 0 Å². The molecular formula is C15H17NO5. The van der Waals surface area contributed by atoms with Gasteiger partial charge in [0.1, 0.15) is 18.4 Å². The molecule has 0 aromatic heterocycles. The predicted octanol–water partition coefficient (Wildman–Crippen LogP) is 1.49. The van der Waals surface area contributed by atoms with E-state index in [1.165, 1.54) is 7.11 Å². The predicted molar refractivity (Wildman–Crippen MR) is 75.6 cm³/mol. The molecule has 0 aliphatic rings. The van der Waals surface area contributed by atoms with Gasteiger partial charge in [-0.1, -0.05) is 12.1 Å². The fourth-order valence-corrected chi connectivity index (χ4v) is 1.51. The normalized spacial score (nSPS) is 10.9. The lowest BCUT2D eigenvalue weighted by Gasteiger charge is -2.14. The number of carbonyl (C=O) groups excluding carboxylic acids is 2. The molecule has 0 heterocycles. The molecule has 0 spiro atoms. The van der Waals surface area contributed by atoms with Crippen LogP contribution in [0.3, 0.4) is 0 Å². The van der Waals surface area contributed by atoms with Gasteiger partial charge in [0.25, 0.3) is 0 Å². The first kappa shape index (κ1) is 16.4. The van der Waals surface area contributed by atoms with E-state index >= 15 is 0 Å². The Balaban J connectivity index is 2.48. The van der Waals surface area contributed by atoms with Gasteiger partial charge in [0.15, 0.2) is 0 Å².